The van der Waals surface area contributed by atoms with Crippen LogP contribution in [0.5, 0.6) is 0 Å². The van der Waals surface area contributed by atoms with E-state index < -0.39 is 0 Å². The number of halogens is 2. The highest BCUT2D eigenvalue weighted by Gasteiger charge is 2.16. The predicted molar refractivity (Wildman–Crippen MR) is 85.9 cm³/mol. The van der Waals surface area contributed by atoms with Gasteiger partial charge < -0.3 is 0 Å². The lowest BCUT2D eigenvalue weighted by Gasteiger charge is -2.04. The summed E-state index contributed by atoms with van der Waals surface area (Å²) in [6.45, 7) is 1.37. The summed E-state index contributed by atoms with van der Waals surface area (Å²) in [6, 6.07) is 13.6. The maximum absolute atomic E-state index is 12.4. The number of rotatable bonds is 4. The number of Topliss-reactive ketones (excluding diaryl/α,β-unsaturated/α-hetero) is 2. The number of hydrogen-bond acceptors (Lipinski definition) is 2. The molecule has 0 aromatic heterocycles. The van der Waals surface area contributed by atoms with Crippen molar-refractivity contribution in [3.63, 3.8) is 0 Å². The Labute approximate surface area is 133 Å². The van der Waals surface area contributed by atoms with E-state index in [4.69, 9.17) is 23.2 Å². The molecule has 0 saturated heterocycles. The molecule has 2 nitrogen and oxygen atoms in total. The Kier molecular flexibility index (Phi) is 4.94. The molecular formula is C17H12Cl2O2. The lowest BCUT2D eigenvalue weighted by atomic mass is 9.98. The predicted octanol–water partition coefficient (Wildman–Crippen LogP) is 4.85. The van der Waals surface area contributed by atoms with Gasteiger partial charge in [0.15, 0.2) is 11.6 Å². The zero-order chi connectivity index (χ0) is 15.4. The summed E-state index contributed by atoms with van der Waals surface area (Å²) in [5.74, 6) is -0.607. The minimum absolute atomic E-state index is 0.111. The lowest BCUT2D eigenvalue weighted by molar-refractivity contribution is -0.113. The smallest absolute Gasteiger partial charge is 0.196 e. The zero-order valence-corrected chi connectivity index (χ0v) is 12.8. The van der Waals surface area contributed by atoms with Gasteiger partial charge in [-0.3, -0.25) is 9.59 Å². The molecule has 21 heavy (non-hydrogen) atoms. The number of carbonyl (C=O) groups is 2. The Morgan fingerprint density at radius 1 is 0.952 bits per heavy atom. The van der Waals surface area contributed by atoms with Crippen molar-refractivity contribution in [1.82, 2.24) is 0 Å². The van der Waals surface area contributed by atoms with E-state index in [0.29, 0.717) is 21.2 Å². The van der Waals surface area contributed by atoms with Crippen LogP contribution in [0.4, 0.5) is 0 Å². The van der Waals surface area contributed by atoms with Crippen molar-refractivity contribution < 1.29 is 9.59 Å². The van der Waals surface area contributed by atoms with Gasteiger partial charge in [-0.1, -0.05) is 59.6 Å². The highest BCUT2D eigenvalue weighted by molar-refractivity contribution is 6.42. The Bertz CT molecular complexity index is 719. The van der Waals surface area contributed by atoms with Crippen LogP contribution in [0.1, 0.15) is 22.8 Å². The normalized spacial score (nSPS) is 11.3. The Morgan fingerprint density at radius 2 is 1.62 bits per heavy atom. The molecule has 0 amide bonds. The minimum atomic E-state index is -0.311. The molecule has 0 heterocycles. The molecule has 0 radical (unpaired) electrons. The first kappa shape index (κ1) is 15.5. The number of benzene rings is 2. The third-order valence-corrected chi connectivity index (χ3v) is 3.65. The molecule has 0 atom stereocenters. The van der Waals surface area contributed by atoms with Crippen LogP contribution in [-0.4, -0.2) is 11.6 Å². The molecule has 0 aliphatic heterocycles. The van der Waals surface area contributed by atoms with Crippen LogP contribution in [0.2, 0.25) is 10.0 Å². The second-order valence-corrected chi connectivity index (χ2v) is 5.30. The standard InChI is InChI=1S/C17H12Cl2O2/c1-11(20)14(17(21)13-5-3-2-4-6-13)9-12-7-8-15(18)16(19)10-12/h2-10H,1H3. The van der Waals surface area contributed by atoms with Crippen LogP contribution in [0.15, 0.2) is 54.1 Å². The van der Waals surface area contributed by atoms with E-state index in [1.165, 1.54) is 13.0 Å². The first-order valence-electron chi connectivity index (χ1n) is 6.26. The fourth-order valence-electron chi connectivity index (χ4n) is 1.84. The van der Waals surface area contributed by atoms with Gasteiger partial charge >= 0.3 is 0 Å². The van der Waals surface area contributed by atoms with Gasteiger partial charge in [-0.25, -0.2) is 0 Å². The van der Waals surface area contributed by atoms with Gasteiger partial charge in [0, 0.05) is 5.56 Å². The van der Waals surface area contributed by atoms with Gasteiger partial charge in [-0.2, -0.15) is 0 Å². The molecule has 0 spiro atoms. The van der Waals surface area contributed by atoms with Gasteiger partial charge in [-0.15, -0.1) is 0 Å². The van der Waals surface area contributed by atoms with Crippen LogP contribution in [-0.2, 0) is 4.79 Å². The Morgan fingerprint density at radius 3 is 2.19 bits per heavy atom. The van der Waals surface area contributed by atoms with Crippen LogP contribution < -0.4 is 0 Å². The van der Waals surface area contributed by atoms with Crippen molar-refractivity contribution in [1.29, 1.82) is 0 Å². The zero-order valence-electron chi connectivity index (χ0n) is 11.3. The maximum atomic E-state index is 12.4. The van der Waals surface area contributed by atoms with E-state index in [1.807, 2.05) is 6.07 Å². The first-order chi connectivity index (χ1) is 9.99. The van der Waals surface area contributed by atoms with Crippen LogP contribution >= 0.6 is 23.2 Å². The summed E-state index contributed by atoms with van der Waals surface area (Å²) in [7, 11) is 0. The van der Waals surface area contributed by atoms with E-state index >= 15 is 0 Å². The molecule has 0 unspecified atom stereocenters. The van der Waals surface area contributed by atoms with Crippen molar-refractivity contribution in [2.24, 2.45) is 0 Å². The quantitative estimate of drug-likeness (QED) is 0.349. The molecule has 0 saturated carbocycles. The summed E-state index contributed by atoms with van der Waals surface area (Å²) in [6.07, 6.45) is 1.53. The van der Waals surface area contributed by atoms with Gasteiger partial charge in [-0.05, 0) is 30.7 Å². The van der Waals surface area contributed by atoms with Crippen molar-refractivity contribution in [3.8, 4) is 0 Å². The molecule has 2 aromatic rings. The highest BCUT2D eigenvalue weighted by atomic mass is 35.5. The average Bonchev–Trinajstić information content (AvgIpc) is 2.48. The largest absolute Gasteiger partial charge is 0.294 e. The van der Waals surface area contributed by atoms with E-state index in [2.05, 4.69) is 0 Å². The molecule has 0 aliphatic rings. The van der Waals surface area contributed by atoms with Gasteiger partial charge in [0.1, 0.15) is 0 Å². The molecule has 0 aliphatic carbocycles. The summed E-state index contributed by atoms with van der Waals surface area (Å²) >= 11 is 11.8. The molecule has 4 heteroatoms. The summed E-state index contributed by atoms with van der Waals surface area (Å²) in [5.41, 5.74) is 1.23. The molecule has 0 N–H and O–H groups in total. The Hall–Kier alpha value is -1.90. The van der Waals surface area contributed by atoms with Crippen molar-refractivity contribution in [3.05, 3.63) is 75.3 Å². The first-order valence-corrected chi connectivity index (χ1v) is 7.02. The fraction of sp³-hybridized carbons (Fsp3) is 0.0588. The highest BCUT2D eigenvalue weighted by Crippen LogP contribution is 2.24. The number of ketones is 2. The van der Waals surface area contributed by atoms with Gasteiger partial charge in [0.05, 0.1) is 15.6 Å². The molecular weight excluding hydrogens is 307 g/mol. The third kappa shape index (κ3) is 3.81. The monoisotopic (exact) mass is 318 g/mol. The summed E-state index contributed by atoms with van der Waals surface area (Å²) in [5, 5.41) is 0.799. The summed E-state index contributed by atoms with van der Waals surface area (Å²) < 4.78 is 0. The van der Waals surface area contributed by atoms with Gasteiger partial charge in [0.25, 0.3) is 0 Å². The van der Waals surface area contributed by atoms with Gasteiger partial charge in [0.2, 0.25) is 0 Å². The second-order valence-electron chi connectivity index (χ2n) is 4.48. The topological polar surface area (TPSA) is 34.1 Å². The number of hydrogen-bond donors (Lipinski definition) is 0. The molecule has 106 valence electrons. The van der Waals surface area contributed by atoms with Crippen LogP contribution in [0.25, 0.3) is 6.08 Å². The third-order valence-electron chi connectivity index (χ3n) is 2.91. The molecule has 0 fully saturated rings. The number of carbonyl (C=O) groups excluding carboxylic acids is 2. The molecule has 2 aromatic carbocycles. The Balaban J connectivity index is 2.43. The average molecular weight is 319 g/mol. The van der Waals surface area contributed by atoms with E-state index in [9.17, 15) is 9.59 Å². The van der Waals surface area contributed by atoms with Crippen LogP contribution in [0, 0.1) is 0 Å². The maximum Gasteiger partial charge on any atom is 0.196 e. The fourth-order valence-corrected chi connectivity index (χ4v) is 2.15. The van der Waals surface area contributed by atoms with Crippen molar-refractivity contribution in [2.75, 3.05) is 0 Å². The number of allylic oxidation sites excluding steroid dienone is 1. The summed E-state index contributed by atoms with van der Waals surface area (Å²) in [4.78, 5) is 24.2. The SMILES string of the molecule is CC(=O)C(=Cc1ccc(Cl)c(Cl)c1)C(=O)c1ccccc1. The van der Waals surface area contributed by atoms with E-state index in [-0.39, 0.29) is 17.1 Å². The second kappa shape index (κ2) is 6.70. The van der Waals surface area contributed by atoms with E-state index in [0.717, 1.165) is 0 Å². The minimum Gasteiger partial charge on any atom is -0.294 e. The molecule has 0 bridgehead atoms. The van der Waals surface area contributed by atoms with Crippen molar-refractivity contribution >= 4 is 40.8 Å². The lowest BCUT2D eigenvalue weighted by Crippen LogP contribution is -2.10. The molecule has 2 rings (SSSR count). The van der Waals surface area contributed by atoms with E-state index in [1.54, 1.807) is 42.5 Å². The van der Waals surface area contributed by atoms with Crippen LogP contribution in [0.3, 0.4) is 0 Å². The van der Waals surface area contributed by atoms with Crippen molar-refractivity contribution in [2.45, 2.75) is 6.92 Å².